The molecular formula is C20H27N3O2. The van der Waals surface area contributed by atoms with Crippen molar-refractivity contribution in [1.29, 1.82) is 0 Å². The Morgan fingerprint density at radius 1 is 1.00 bits per heavy atom. The van der Waals surface area contributed by atoms with Crippen LogP contribution in [0.25, 0.3) is 0 Å². The second-order valence-corrected chi connectivity index (χ2v) is 7.52. The Morgan fingerprint density at radius 2 is 1.72 bits per heavy atom. The molecule has 3 unspecified atom stereocenters. The lowest BCUT2D eigenvalue weighted by molar-refractivity contribution is -0.136. The first-order chi connectivity index (χ1) is 12.3. The molecule has 1 aliphatic carbocycles. The number of nitrogens with zero attached hydrogens (tertiary/aromatic N) is 2. The van der Waals surface area contributed by atoms with Gasteiger partial charge in [0.2, 0.25) is 5.91 Å². The van der Waals surface area contributed by atoms with Crippen molar-refractivity contribution in [2.45, 2.75) is 44.2 Å². The third-order valence-electron chi connectivity index (χ3n) is 6.06. The van der Waals surface area contributed by atoms with Gasteiger partial charge in [0.25, 0.3) is 5.91 Å². The van der Waals surface area contributed by atoms with E-state index in [0.717, 1.165) is 51.9 Å². The van der Waals surface area contributed by atoms with Gasteiger partial charge in [0.15, 0.2) is 0 Å². The van der Waals surface area contributed by atoms with E-state index in [9.17, 15) is 9.59 Å². The molecule has 0 aromatic heterocycles. The van der Waals surface area contributed by atoms with Gasteiger partial charge in [-0.2, -0.15) is 0 Å². The summed E-state index contributed by atoms with van der Waals surface area (Å²) in [6.07, 6.45) is 5.41. The second kappa shape index (κ2) is 7.16. The Hall–Kier alpha value is -1.88. The van der Waals surface area contributed by atoms with Crippen LogP contribution in [0.15, 0.2) is 30.3 Å². The maximum atomic E-state index is 13.2. The molecule has 4 rings (SSSR count). The maximum absolute atomic E-state index is 13.2. The Balaban J connectivity index is 1.61. The van der Waals surface area contributed by atoms with Crippen molar-refractivity contribution >= 4 is 11.8 Å². The van der Waals surface area contributed by atoms with Gasteiger partial charge in [-0.25, -0.2) is 0 Å². The highest BCUT2D eigenvalue weighted by molar-refractivity contribution is 5.98. The largest absolute Gasteiger partial charge is 0.338 e. The first kappa shape index (κ1) is 16.6. The number of piperazine rings is 1. The molecule has 0 spiro atoms. The van der Waals surface area contributed by atoms with Crippen LogP contribution in [0.2, 0.25) is 0 Å². The lowest BCUT2D eigenvalue weighted by Gasteiger charge is -2.36. The van der Waals surface area contributed by atoms with E-state index in [2.05, 4.69) is 5.32 Å². The molecule has 3 fully saturated rings. The van der Waals surface area contributed by atoms with Gasteiger partial charge in [0.05, 0.1) is 0 Å². The van der Waals surface area contributed by atoms with Crippen LogP contribution < -0.4 is 5.32 Å². The van der Waals surface area contributed by atoms with Gasteiger partial charge in [0, 0.05) is 37.8 Å². The highest BCUT2D eigenvalue weighted by Gasteiger charge is 2.48. The molecule has 3 atom stereocenters. The number of benzene rings is 1. The third-order valence-corrected chi connectivity index (χ3v) is 6.06. The molecule has 1 saturated carbocycles. The molecule has 5 heteroatoms. The first-order valence-electron chi connectivity index (χ1n) is 9.63. The van der Waals surface area contributed by atoms with E-state index in [-0.39, 0.29) is 23.9 Å². The monoisotopic (exact) mass is 341 g/mol. The number of amides is 2. The molecule has 1 N–H and O–H groups in total. The van der Waals surface area contributed by atoms with Crippen LogP contribution in [0.3, 0.4) is 0 Å². The predicted octanol–water partition coefficient (Wildman–Crippen LogP) is 1.89. The minimum Gasteiger partial charge on any atom is -0.338 e. The number of hydrogen-bond donors (Lipinski definition) is 1. The lowest BCUT2D eigenvalue weighted by Crippen LogP contribution is -2.54. The first-order valence-corrected chi connectivity index (χ1v) is 9.63. The molecule has 5 nitrogen and oxygen atoms in total. The normalized spacial score (nSPS) is 29.4. The minimum absolute atomic E-state index is 0.0310. The van der Waals surface area contributed by atoms with Crippen molar-refractivity contribution in [2.24, 2.45) is 5.92 Å². The highest BCUT2D eigenvalue weighted by Crippen LogP contribution is 2.41. The molecule has 1 aromatic rings. The number of likely N-dealkylation sites (tertiary alicyclic amines) is 1. The fraction of sp³-hybridized carbons (Fsp3) is 0.600. The average Bonchev–Trinajstić information content (AvgIpc) is 3.07. The smallest absolute Gasteiger partial charge is 0.254 e. The van der Waals surface area contributed by atoms with Crippen LogP contribution in [0.5, 0.6) is 0 Å². The molecule has 0 radical (unpaired) electrons. The molecule has 2 amide bonds. The topological polar surface area (TPSA) is 52.7 Å². The van der Waals surface area contributed by atoms with Gasteiger partial charge in [-0.1, -0.05) is 31.0 Å². The maximum Gasteiger partial charge on any atom is 0.254 e. The van der Waals surface area contributed by atoms with E-state index in [1.165, 1.54) is 6.42 Å². The summed E-state index contributed by atoms with van der Waals surface area (Å²) in [6, 6.07) is 9.41. The fourth-order valence-corrected chi connectivity index (χ4v) is 4.80. The fourth-order valence-electron chi connectivity index (χ4n) is 4.80. The molecule has 2 aliphatic heterocycles. The zero-order valence-electron chi connectivity index (χ0n) is 14.7. The predicted molar refractivity (Wildman–Crippen MR) is 96.2 cm³/mol. The highest BCUT2D eigenvalue weighted by atomic mass is 16.2. The Bertz CT molecular complexity index is 627. The number of nitrogens with one attached hydrogen (secondary N) is 1. The summed E-state index contributed by atoms with van der Waals surface area (Å²) < 4.78 is 0. The van der Waals surface area contributed by atoms with Crippen LogP contribution in [0.4, 0.5) is 0 Å². The van der Waals surface area contributed by atoms with E-state index in [4.69, 9.17) is 0 Å². The summed E-state index contributed by atoms with van der Waals surface area (Å²) in [5.41, 5.74) is 0.701. The van der Waals surface area contributed by atoms with E-state index in [1.54, 1.807) is 0 Å². The van der Waals surface area contributed by atoms with Gasteiger partial charge in [-0.05, 0) is 37.3 Å². The number of carbonyl (C=O) groups is 2. The molecule has 0 bridgehead atoms. The van der Waals surface area contributed by atoms with E-state index in [0.29, 0.717) is 11.5 Å². The van der Waals surface area contributed by atoms with E-state index in [1.807, 2.05) is 40.1 Å². The van der Waals surface area contributed by atoms with E-state index >= 15 is 0 Å². The van der Waals surface area contributed by atoms with Crippen molar-refractivity contribution in [3.8, 4) is 0 Å². The van der Waals surface area contributed by atoms with Crippen LogP contribution in [0, 0.1) is 5.92 Å². The number of carbonyl (C=O) groups excluding carboxylic acids is 2. The number of rotatable bonds is 2. The van der Waals surface area contributed by atoms with Gasteiger partial charge in [-0.15, -0.1) is 0 Å². The Kier molecular flexibility index (Phi) is 4.75. The van der Waals surface area contributed by atoms with Crippen molar-refractivity contribution in [3.63, 3.8) is 0 Å². The third kappa shape index (κ3) is 3.17. The molecule has 25 heavy (non-hydrogen) atoms. The molecule has 1 aromatic carbocycles. The molecule has 3 aliphatic rings. The molecular weight excluding hydrogens is 314 g/mol. The van der Waals surface area contributed by atoms with Crippen LogP contribution in [-0.2, 0) is 4.79 Å². The zero-order chi connectivity index (χ0) is 17.2. The van der Waals surface area contributed by atoms with E-state index < -0.39 is 0 Å². The van der Waals surface area contributed by atoms with Gasteiger partial charge < -0.3 is 15.1 Å². The summed E-state index contributed by atoms with van der Waals surface area (Å²) in [6.45, 7) is 3.19. The van der Waals surface area contributed by atoms with Crippen molar-refractivity contribution in [3.05, 3.63) is 35.9 Å². The second-order valence-electron chi connectivity index (χ2n) is 7.52. The minimum atomic E-state index is -0.279. The van der Waals surface area contributed by atoms with Crippen molar-refractivity contribution in [2.75, 3.05) is 26.2 Å². The van der Waals surface area contributed by atoms with Gasteiger partial charge in [0.1, 0.15) is 6.04 Å². The van der Waals surface area contributed by atoms with Crippen LogP contribution in [-0.4, -0.2) is 59.9 Å². The average molecular weight is 341 g/mol. The molecule has 2 heterocycles. The summed E-state index contributed by atoms with van der Waals surface area (Å²) in [4.78, 5) is 30.3. The van der Waals surface area contributed by atoms with Crippen molar-refractivity contribution < 1.29 is 9.59 Å². The summed E-state index contributed by atoms with van der Waals surface area (Å²) in [5, 5.41) is 3.30. The van der Waals surface area contributed by atoms with Gasteiger partial charge >= 0.3 is 0 Å². The van der Waals surface area contributed by atoms with Crippen molar-refractivity contribution in [1.82, 2.24) is 15.1 Å². The molecule has 2 saturated heterocycles. The summed E-state index contributed by atoms with van der Waals surface area (Å²) in [5.74, 6) is 0.668. The van der Waals surface area contributed by atoms with Gasteiger partial charge in [-0.3, -0.25) is 9.59 Å². The number of hydrogen-bond acceptors (Lipinski definition) is 3. The SMILES string of the molecule is O=C(C1CC2CCCCC2N1C(=O)c1ccccc1)N1CCNCC1. The summed E-state index contributed by atoms with van der Waals surface area (Å²) >= 11 is 0. The Labute approximate surface area is 149 Å². The van der Waals surface area contributed by atoms with Crippen LogP contribution >= 0.6 is 0 Å². The summed E-state index contributed by atoms with van der Waals surface area (Å²) in [7, 11) is 0. The standard InChI is InChI=1S/C20H27N3O2/c24-19(15-6-2-1-3-7-15)23-17-9-5-4-8-16(17)14-18(23)20(25)22-12-10-21-11-13-22/h1-3,6-7,16-18,21H,4-5,8-14H2. The number of fused-ring (bicyclic) bond motifs is 1. The lowest BCUT2D eigenvalue weighted by atomic mass is 9.84. The zero-order valence-corrected chi connectivity index (χ0v) is 14.7. The Morgan fingerprint density at radius 3 is 2.48 bits per heavy atom. The van der Waals surface area contributed by atoms with Crippen LogP contribution in [0.1, 0.15) is 42.5 Å². The molecule has 134 valence electrons. The quantitative estimate of drug-likeness (QED) is 0.894.